The molecule has 1 fully saturated rings. The molecule has 0 radical (unpaired) electrons. The molecule has 0 amide bonds. The second-order valence-electron chi connectivity index (χ2n) is 3.79. The number of nitrogen functional groups attached to an aromatic ring is 1. The molecule has 2 heterocycles. The van der Waals surface area contributed by atoms with E-state index in [1.54, 1.807) is 6.07 Å². The van der Waals surface area contributed by atoms with Crippen LogP contribution >= 0.6 is 0 Å². The quantitative estimate of drug-likeness (QED) is 0.817. The molecule has 0 aliphatic carbocycles. The molecule has 1 unspecified atom stereocenters. The van der Waals surface area contributed by atoms with E-state index in [-0.39, 0.29) is 6.10 Å². The Morgan fingerprint density at radius 3 is 3.12 bits per heavy atom. The minimum atomic E-state index is 0.0595. The molecule has 1 atom stereocenters. The fourth-order valence-corrected chi connectivity index (χ4v) is 1.59. The second kappa shape index (κ2) is 5.79. The van der Waals surface area contributed by atoms with Crippen LogP contribution < -0.4 is 10.5 Å². The molecular weight excluding hydrogens is 222 g/mol. The molecule has 0 aromatic carbocycles. The third-order valence-electron chi connectivity index (χ3n) is 2.38. The van der Waals surface area contributed by atoms with Gasteiger partial charge in [-0.3, -0.25) is 0 Å². The van der Waals surface area contributed by atoms with Crippen LogP contribution in [0.4, 0.5) is 5.82 Å². The van der Waals surface area contributed by atoms with Crippen molar-refractivity contribution in [3.8, 4) is 5.88 Å². The lowest BCUT2D eigenvalue weighted by molar-refractivity contribution is 0.123. The van der Waals surface area contributed by atoms with Crippen molar-refractivity contribution >= 4 is 5.82 Å². The first-order valence-electron chi connectivity index (χ1n) is 5.73. The topological polar surface area (TPSA) is 79.5 Å². The Morgan fingerprint density at radius 2 is 2.41 bits per heavy atom. The van der Waals surface area contributed by atoms with Crippen LogP contribution in [0.15, 0.2) is 6.07 Å². The summed E-state index contributed by atoms with van der Waals surface area (Å²) in [5, 5.41) is 0. The van der Waals surface area contributed by atoms with E-state index in [1.165, 1.54) is 0 Å². The predicted octanol–water partition coefficient (Wildman–Crippen LogP) is 0.763. The van der Waals surface area contributed by atoms with Crippen LogP contribution in [-0.4, -0.2) is 35.9 Å². The Balaban J connectivity index is 2.02. The predicted molar refractivity (Wildman–Crippen MR) is 61.6 cm³/mol. The highest BCUT2D eigenvalue weighted by Crippen LogP contribution is 2.16. The van der Waals surface area contributed by atoms with Gasteiger partial charge in [-0.15, -0.1) is 0 Å². The second-order valence-corrected chi connectivity index (χ2v) is 3.79. The zero-order chi connectivity index (χ0) is 12.1. The van der Waals surface area contributed by atoms with Gasteiger partial charge in [0.25, 0.3) is 0 Å². The largest absolute Gasteiger partial charge is 0.472 e. The maximum Gasteiger partial charge on any atom is 0.219 e. The van der Waals surface area contributed by atoms with Crippen molar-refractivity contribution in [2.24, 2.45) is 0 Å². The molecule has 0 saturated carbocycles. The molecule has 2 N–H and O–H groups in total. The van der Waals surface area contributed by atoms with Gasteiger partial charge in [0.1, 0.15) is 18.5 Å². The van der Waals surface area contributed by atoms with E-state index in [0.717, 1.165) is 13.0 Å². The SMILES string of the molecule is CCOCc1nc(N)cc(OC2CCOC2)n1. The van der Waals surface area contributed by atoms with E-state index in [1.807, 2.05) is 6.92 Å². The summed E-state index contributed by atoms with van der Waals surface area (Å²) in [6.45, 7) is 4.21. The number of rotatable bonds is 5. The van der Waals surface area contributed by atoms with Crippen LogP contribution in [0.3, 0.4) is 0 Å². The maximum absolute atomic E-state index is 5.69. The van der Waals surface area contributed by atoms with Gasteiger partial charge in [0.05, 0.1) is 13.2 Å². The molecule has 1 aromatic rings. The summed E-state index contributed by atoms with van der Waals surface area (Å²) in [4.78, 5) is 8.32. The van der Waals surface area contributed by atoms with Crippen LogP contribution in [-0.2, 0) is 16.1 Å². The summed E-state index contributed by atoms with van der Waals surface area (Å²) in [7, 11) is 0. The highest BCUT2D eigenvalue weighted by molar-refractivity contribution is 5.32. The lowest BCUT2D eigenvalue weighted by atomic mass is 10.3. The summed E-state index contributed by atoms with van der Waals surface area (Å²) in [6.07, 6.45) is 0.939. The normalized spacial score (nSPS) is 19.5. The Hall–Kier alpha value is -1.40. The summed E-state index contributed by atoms with van der Waals surface area (Å²) >= 11 is 0. The number of hydrogen-bond acceptors (Lipinski definition) is 6. The first-order chi connectivity index (χ1) is 8.28. The Bertz CT molecular complexity index is 367. The average Bonchev–Trinajstić information content (AvgIpc) is 2.78. The first-order valence-corrected chi connectivity index (χ1v) is 5.73. The van der Waals surface area contributed by atoms with Gasteiger partial charge in [0.2, 0.25) is 5.88 Å². The van der Waals surface area contributed by atoms with Gasteiger partial charge in [-0.2, -0.15) is 4.98 Å². The van der Waals surface area contributed by atoms with Crippen LogP contribution in [0.1, 0.15) is 19.2 Å². The zero-order valence-electron chi connectivity index (χ0n) is 9.89. The lowest BCUT2D eigenvalue weighted by Crippen LogP contribution is -2.17. The van der Waals surface area contributed by atoms with Gasteiger partial charge in [-0.1, -0.05) is 0 Å². The molecule has 94 valence electrons. The fourth-order valence-electron chi connectivity index (χ4n) is 1.59. The van der Waals surface area contributed by atoms with Crippen molar-refractivity contribution in [3.05, 3.63) is 11.9 Å². The summed E-state index contributed by atoms with van der Waals surface area (Å²) in [5.74, 6) is 1.42. The molecule has 1 aliphatic heterocycles. The monoisotopic (exact) mass is 239 g/mol. The highest BCUT2D eigenvalue weighted by Gasteiger charge is 2.18. The zero-order valence-corrected chi connectivity index (χ0v) is 9.89. The van der Waals surface area contributed by atoms with E-state index in [9.17, 15) is 0 Å². The minimum absolute atomic E-state index is 0.0595. The van der Waals surface area contributed by atoms with Gasteiger partial charge >= 0.3 is 0 Å². The standard InChI is InChI=1S/C11H17N3O3/c1-2-15-7-10-13-9(12)5-11(14-10)17-8-3-4-16-6-8/h5,8H,2-4,6-7H2,1H3,(H2,12,13,14). The number of nitrogens with two attached hydrogens (primary N) is 1. The molecule has 1 aliphatic rings. The molecule has 2 rings (SSSR count). The Labute approximate surface area is 100 Å². The minimum Gasteiger partial charge on any atom is -0.472 e. The lowest BCUT2D eigenvalue weighted by Gasteiger charge is -2.12. The molecule has 0 bridgehead atoms. The van der Waals surface area contributed by atoms with E-state index in [0.29, 0.717) is 37.3 Å². The number of ether oxygens (including phenoxy) is 3. The molecule has 0 spiro atoms. The molecule has 6 heteroatoms. The summed E-state index contributed by atoms with van der Waals surface area (Å²) in [6, 6.07) is 1.62. The van der Waals surface area contributed by atoms with Crippen LogP contribution in [0, 0.1) is 0 Å². The Morgan fingerprint density at radius 1 is 1.53 bits per heavy atom. The number of nitrogens with zero attached hydrogens (tertiary/aromatic N) is 2. The fraction of sp³-hybridized carbons (Fsp3) is 0.636. The van der Waals surface area contributed by atoms with Crippen LogP contribution in [0.2, 0.25) is 0 Å². The van der Waals surface area contributed by atoms with Crippen molar-refractivity contribution in [3.63, 3.8) is 0 Å². The molecule has 1 aromatic heterocycles. The van der Waals surface area contributed by atoms with Gasteiger partial charge in [-0.05, 0) is 6.92 Å². The number of anilines is 1. The number of hydrogen-bond donors (Lipinski definition) is 1. The number of aromatic nitrogens is 2. The van der Waals surface area contributed by atoms with Gasteiger partial charge in [-0.25, -0.2) is 4.98 Å². The third-order valence-corrected chi connectivity index (χ3v) is 2.38. The van der Waals surface area contributed by atoms with Crippen molar-refractivity contribution in [1.29, 1.82) is 0 Å². The van der Waals surface area contributed by atoms with E-state index >= 15 is 0 Å². The maximum atomic E-state index is 5.69. The third kappa shape index (κ3) is 3.54. The highest BCUT2D eigenvalue weighted by atomic mass is 16.5. The van der Waals surface area contributed by atoms with Crippen molar-refractivity contribution in [1.82, 2.24) is 9.97 Å². The van der Waals surface area contributed by atoms with E-state index in [2.05, 4.69) is 9.97 Å². The van der Waals surface area contributed by atoms with Gasteiger partial charge in [0, 0.05) is 19.1 Å². The van der Waals surface area contributed by atoms with Gasteiger partial charge < -0.3 is 19.9 Å². The van der Waals surface area contributed by atoms with Crippen LogP contribution in [0.25, 0.3) is 0 Å². The molecule has 17 heavy (non-hydrogen) atoms. The van der Waals surface area contributed by atoms with Gasteiger partial charge in [0.15, 0.2) is 5.82 Å². The van der Waals surface area contributed by atoms with Crippen molar-refractivity contribution in [2.45, 2.75) is 26.1 Å². The van der Waals surface area contributed by atoms with Crippen LogP contribution in [0.5, 0.6) is 5.88 Å². The first kappa shape index (κ1) is 12.1. The molecule has 1 saturated heterocycles. The molecule has 6 nitrogen and oxygen atoms in total. The van der Waals surface area contributed by atoms with Crippen molar-refractivity contribution in [2.75, 3.05) is 25.6 Å². The average molecular weight is 239 g/mol. The van der Waals surface area contributed by atoms with E-state index < -0.39 is 0 Å². The van der Waals surface area contributed by atoms with E-state index in [4.69, 9.17) is 19.9 Å². The van der Waals surface area contributed by atoms with Crippen molar-refractivity contribution < 1.29 is 14.2 Å². The summed E-state index contributed by atoms with van der Waals surface area (Å²) in [5.41, 5.74) is 5.69. The molecular formula is C11H17N3O3. The summed E-state index contributed by atoms with van der Waals surface area (Å²) < 4.78 is 16.1. The Kier molecular flexibility index (Phi) is 4.11. The smallest absolute Gasteiger partial charge is 0.219 e.